The lowest BCUT2D eigenvalue weighted by atomic mass is 10.3. The molecule has 0 amide bonds. The van der Waals surface area contributed by atoms with Gasteiger partial charge < -0.3 is 15.5 Å². The zero-order valence-electron chi connectivity index (χ0n) is 14.3. The molecule has 0 bridgehead atoms. The molecule has 4 nitrogen and oxygen atoms in total. The van der Waals surface area contributed by atoms with Gasteiger partial charge in [0.2, 0.25) is 0 Å². The Labute approximate surface area is 156 Å². The molecule has 1 aromatic heterocycles. The first-order valence-corrected chi connectivity index (χ1v) is 8.81. The van der Waals surface area contributed by atoms with Gasteiger partial charge in [-0.25, -0.2) is 4.99 Å². The van der Waals surface area contributed by atoms with Gasteiger partial charge in [-0.15, -0.1) is 35.3 Å². The lowest BCUT2D eigenvalue weighted by Gasteiger charge is -2.18. The summed E-state index contributed by atoms with van der Waals surface area (Å²) in [6, 6.07) is 4.31. The van der Waals surface area contributed by atoms with Crippen LogP contribution in [-0.4, -0.2) is 43.6 Å². The maximum atomic E-state index is 4.65. The molecule has 0 aromatic carbocycles. The Kier molecular flexibility index (Phi) is 12.9. The quantitative estimate of drug-likeness (QED) is 0.269. The van der Waals surface area contributed by atoms with E-state index in [0.717, 1.165) is 51.6 Å². The molecular weight excluding hydrogens is 407 g/mol. The number of nitrogens with one attached hydrogen (secondary N) is 2. The molecule has 128 valence electrons. The van der Waals surface area contributed by atoms with E-state index in [1.807, 2.05) is 11.3 Å². The van der Waals surface area contributed by atoms with Gasteiger partial charge in [-0.1, -0.05) is 13.8 Å². The third-order valence-electron chi connectivity index (χ3n) is 3.37. The van der Waals surface area contributed by atoms with Crippen LogP contribution in [-0.2, 0) is 6.54 Å². The normalized spacial score (nSPS) is 11.4. The predicted molar refractivity (Wildman–Crippen MR) is 110 cm³/mol. The molecule has 0 fully saturated rings. The molecule has 6 heteroatoms. The molecule has 0 aliphatic carbocycles. The van der Waals surface area contributed by atoms with Crippen LogP contribution in [0, 0.1) is 6.92 Å². The number of thiophene rings is 1. The highest BCUT2D eigenvalue weighted by atomic mass is 127. The van der Waals surface area contributed by atoms with Crippen molar-refractivity contribution >= 4 is 41.3 Å². The summed E-state index contributed by atoms with van der Waals surface area (Å²) in [6.45, 7) is 14.7. The molecule has 0 spiro atoms. The fraction of sp³-hybridized carbons (Fsp3) is 0.688. The Hall–Kier alpha value is -0.340. The molecule has 2 N–H and O–H groups in total. The van der Waals surface area contributed by atoms with Crippen molar-refractivity contribution in [1.82, 2.24) is 15.5 Å². The number of hydrogen-bond donors (Lipinski definition) is 2. The van der Waals surface area contributed by atoms with Gasteiger partial charge in [-0.3, -0.25) is 0 Å². The number of guanidine groups is 1. The third-order valence-corrected chi connectivity index (χ3v) is 4.36. The number of rotatable bonds is 9. The minimum absolute atomic E-state index is 0. The Morgan fingerprint density at radius 2 is 1.91 bits per heavy atom. The molecule has 0 unspecified atom stereocenters. The van der Waals surface area contributed by atoms with Crippen molar-refractivity contribution in [3.63, 3.8) is 0 Å². The number of nitrogens with zero attached hydrogens (tertiary/aromatic N) is 2. The van der Waals surface area contributed by atoms with Gasteiger partial charge in [0.05, 0.1) is 6.54 Å². The molecule has 1 heterocycles. The van der Waals surface area contributed by atoms with Gasteiger partial charge in [-0.05, 0) is 52.0 Å². The zero-order valence-corrected chi connectivity index (χ0v) is 17.5. The number of halogens is 1. The molecule has 22 heavy (non-hydrogen) atoms. The van der Waals surface area contributed by atoms with Gasteiger partial charge in [0.25, 0.3) is 0 Å². The SMILES string of the molecule is CCNC(=NCc1ccc(C)s1)NCCCN(CC)CC.I. The molecule has 0 saturated carbocycles. The van der Waals surface area contributed by atoms with Crippen LogP contribution in [0.5, 0.6) is 0 Å². The van der Waals surface area contributed by atoms with Crippen LogP contribution in [0.15, 0.2) is 17.1 Å². The average Bonchev–Trinajstić information content (AvgIpc) is 2.90. The van der Waals surface area contributed by atoms with E-state index < -0.39 is 0 Å². The summed E-state index contributed by atoms with van der Waals surface area (Å²) in [5, 5.41) is 6.72. The van der Waals surface area contributed by atoms with Crippen LogP contribution < -0.4 is 10.6 Å². The minimum Gasteiger partial charge on any atom is -0.357 e. The van der Waals surface area contributed by atoms with Crippen molar-refractivity contribution < 1.29 is 0 Å². The summed E-state index contributed by atoms with van der Waals surface area (Å²) in [6.07, 6.45) is 1.14. The summed E-state index contributed by atoms with van der Waals surface area (Å²) in [7, 11) is 0. The third kappa shape index (κ3) is 8.95. The van der Waals surface area contributed by atoms with Crippen molar-refractivity contribution in [3.05, 3.63) is 21.9 Å². The van der Waals surface area contributed by atoms with E-state index in [9.17, 15) is 0 Å². The van der Waals surface area contributed by atoms with E-state index in [1.165, 1.54) is 9.75 Å². The van der Waals surface area contributed by atoms with Crippen molar-refractivity contribution in [1.29, 1.82) is 0 Å². The molecule has 0 aliphatic heterocycles. The maximum Gasteiger partial charge on any atom is 0.191 e. The molecule has 0 radical (unpaired) electrons. The highest BCUT2D eigenvalue weighted by Gasteiger charge is 2.01. The summed E-state index contributed by atoms with van der Waals surface area (Å²) in [5.74, 6) is 0.920. The van der Waals surface area contributed by atoms with Crippen LogP contribution in [0.3, 0.4) is 0 Å². The standard InChI is InChI=1S/C16H30N4S.HI/c1-5-17-16(18-11-8-12-20(6-2)7-3)19-13-15-10-9-14(4)21-15;/h9-10H,5-8,11-13H2,1-4H3,(H2,17,18,19);1H. The first-order chi connectivity index (χ1) is 10.2. The maximum absolute atomic E-state index is 4.65. The largest absolute Gasteiger partial charge is 0.357 e. The van der Waals surface area contributed by atoms with E-state index in [0.29, 0.717) is 0 Å². The molecule has 0 aliphatic rings. The van der Waals surface area contributed by atoms with Gasteiger partial charge in [0.1, 0.15) is 0 Å². The molecule has 1 rings (SSSR count). The zero-order chi connectivity index (χ0) is 15.5. The van der Waals surface area contributed by atoms with E-state index in [4.69, 9.17) is 0 Å². The number of aryl methyl sites for hydroxylation is 1. The Morgan fingerprint density at radius 1 is 1.18 bits per heavy atom. The Bertz CT molecular complexity index is 416. The van der Waals surface area contributed by atoms with Crippen molar-refractivity contribution in [2.24, 2.45) is 4.99 Å². The van der Waals surface area contributed by atoms with Crippen molar-refractivity contribution in [2.45, 2.75) is 40.7 Å². The van der Waals surface area contributed by atoms with E-state index in [2.05, 4.69) is 60.4 Å². The average molecular weight is 438 g/mol. The summed E-state index contributed by atoms with van der Waals surface area (Å²) >= 11 is 1.82. The highest BCUT2D eigenvalue weighted by Crippen LogP contribution is 2.15. The monoisotopic (exact) mass is 438 g/mol. The second-order valence-corrected chi connectivity index (χ2v) is 6.39. The Balaban J connectivity index is 0.00000441. The molecule has 1 aromatic rings. The summed E-state index contributed by atoms with van der Waals surface area (Å²) in [5.41, 5.74) is 0. The van der Waals surface area contributed by atoms with Crippen LogP contribution in [0.25, 0.3) is 0 Å². The second kappa shape index (κ2) is 13.1. The minimum atomic E-state index is 0. The second-order valence-electron chi connectivity index (χ2n) is 5.01. The molecule has 0 atom stereocenters. The fourth-order valence-electron chi connectivity index (χ4n) is 2.12. The van der Waals surface area contributed by atoms with E-state index in [1.54, 1.807) is 0 Å². The topological polar surface area (TPSA) is 39.7 Å². The highest BCUT2D eigenvalue weighted by molar-refractivity contribution is 14.0. The summed E-state index contributed by atoms with van der Waals surface area (Å²) < 4.78 is 0. The van der Waals surface area contributed by atoms with Crippen LogP contribution in [0.1, 0.15) is 36.9 Å². The van der Waals surface area contributed by atoms with Crippen LogP contribution >= 0.6 is 35.3 Å². The Morgan fingerprint density at radius 3 is 2.45 bits per heavy atom. The molecular formula is C16H31IN4S. The smallest absolute Gasteiger partial charge is 0.191 e. The van der Waals surface area contributed by atoms with Gasteiger partial charge in [0, 0.05) is 22.8 Å². The predicted octanol–water partition coefficient (Wildman–Crippen LogP) is 3.46. The van der Waals surface area contributed by atoms with Crippen LogP contribution in [0.4, 0.5) is 0 Å². The first-order valence-electron chi connectivity index (χ1n) is 7.99. The van der Waals surface area contributed by atoms with Gasteiger partial charge >= 0.3 is 0 Å². The fourth-order valence-corrected chi connectivity index (χ4v) is 2.93. The number of hydrogen-bond acceptors (Lipinski definition) is 3. The van der Waals surface area contributed by atoms with Crippen molar-refractivity contribution in [3.8, 4) is 0 Å². The lowest BCUT2D eigenvalue weighted by molar-refractivity contribution is 0.300. The number of aliphatic imine (C=N–C) groups is 1. The molecule has 0 saturated heterocycles. The van der Waals surface area contributed by atoms with Crippen LogP contribution in [0.2, 0.25) is 0 Å². The van der Waals surface area contributed by atoms with Gasteiger partial charge in [0.15, 0.2) is 5.96 Å². The van der Waals surface area contributed by atoms with Crippen molar-refractivity contribution in [2.75, 3.05) is 32.7 Å². The summed E-state index contributed by atoms with van der Waals surface area (Å²) in [4.78, 5) is 9.75. The van der Waals surface area contributed by atoms with E-state index in [-0.39, 0.29) is 24.0 Å². The van der Waals surface area contributed by atoms with Gasteiger partial charge in [-0.2, -0.15) is 0 Å². The lowest BCUT2D eigenvalue weighted by Crippen LogP contribution is -2.38. The van der Waals surface area contributed by atoms with E-state index >= 15 is 0 Å². The first kappa shape index (κ1) is 21.7.